The maximum Gasteiger partial charge on any atom is 0.302 e. The minimum atomic E-state index is -1.04. The molecule has 0 amide bonds. The van der Waals surface area contributed by atoms with Crippen molar-refractivity contribution >= 4 is 27.9 Å². The predicted octanol–water partition coefficient (Wildman–Crippen LogP) is 10.4. The van der Waals surface area contributed by atoms with Crippen molar-refractivity contribution in [1.29, 1.82) is 0 Å². The van der Waals surface area contributed by atoms with E-state index in [4.69, 9.17) is 47.4 Å². The average molecular weight is 1030 g/mol. The number of halogens is 1. The molecule has 372 valence electrons. The smallest absolute Gasteiger partial charge is 0.302 e. The van der Waals surface area contributed by atoms with E-state index in [2.05, 4.69) is 15.9 Å². The molecule has 0 spiro atoms. The van der Waals surface area contributed by atoms with E-state index in [0.29, 0.717) is 5.75 Å². The molecule has 0 saturated carbocycles. The first-order valence-electron chi connectivity index (χ1n) is 24.0. The van der Waals surface area contributed by atoms with Gasteiger partial charge in [0, 0.05) is 24.2 Å². The van der Waals surface area contributed by atoms with E-state index in [1.165, 1.54) is 13.8 Å². The summed E-state index contributed by atoms with van der Waals surface area (Å²) in [6, 6.07) is 56.9. The number of ether oxygens (including phenoxy) is 10. The van der Waals surface area contributed by atoms with Crippen LogP contribution >= 0.6 is 15.9 Å². The van der Waals surface area contributed by atoms with Crippen molar-refractivity contribution in [3.8, 4) is 5.75 Å². The van der Waals surface area contributed by atoms with Crippen molar-refractivity contribution in [2.75, 3.05) is 13.2 Å². The van der Waals surface area contributed by atoms with E-state index in [1.54, 1.807) is 0 Å². The van der Waals surface area contributed by atoms with Gasteiger partial charge < -0.3 is 47.4 Å². The normalized spacial score (nSPS) is 24.2. The lowest BCUT2D eigenvalue weighted by Crippen LogP contribution is -2.64. The molecule has 13 heteroatoms. The van der Waals surface area contributed by atoms with Gasteiger partial charge in [-0.15, -0.1) is 0 Å². The summed E-state index contributed by atoms with van der Waals surface area (Å²) in [6.45, 7) is 3.55. The first-order valence-corrected chi connectivity index (χ1v) is 24.8. The van der Waals surface area contributed by atoms with Crippen LogP contribution in [0.3, 0.4) is 0 Å². The topological polar surface area (TPSA) is 126 Å². The van der Waals surface area contributed by atoms with Gasteiger partial charge in [-0.1, -0.05) is 174 Å². The van der Waals surface area contributed by atoms with Crippen molar-refractivity contribution in [3.63, 3.8) is 0 Å². The summed E-state index contributed by atoms with van der Waals surface area (Å²) in [6.07, 6.45) is -7.13. The fourth-order valence-electron chi connectivity index (χ4n) is 9.00. The van der Waals surface area contributed by atoms with Crippen LogP contribution in [0.1, 0.15) is 48.1 Å². The maximum atomic E-state index is 12.6. The van der Waals surface area contributed by atoms with E-state index in [9.17, 15) is 9.59 Å². The Morgan fingerprint density at radius 1 is 0.437 bits per heavy atom. The van der Waals surface area contributed by atoms with Crippen LogP contribution in [0.15, 0.2) is 180 Å². The SMILES string of the molecule is CC(=O)OC[C@H]1O[C@H](Oc2cccc(Br)c2)[C@@H](OCc2ccccc2)[C@@H](C[C@H]2O[C@H](COC(C)=O)[C@@H](OCc3ccccc3)[C@@H](OCc3ccccc3)[C@@H]2OCc2ccccc2)[C@@H]1OCc1ccccc1. The Hall–Kier alpha value is -5.74. The third kappa shape index (κ3) is 15.4. The predicted molar refractivity (Wildman–Crippen MR) is 269 cm³/mol. The zero-order chi connectivity index (χ0) is 49.2. The van der Waals surface area contributed by atoms with Crippen LogP contribution in [-0.4, -0.2) is 80.3 Å². The molecule has 12 nitrogen and oxygen atoms in total. The Kier molecular flexibility index (Phi) is 19.4. The van der Waals surface area contributed by atoms with Gasteiger partial charge in [-0.2, -0.15) is 0 Å². The molecular formula is C58H61BrO12. The largest absolute Gasteiger partial charge is 0.463 e. The summed E-state index contributed by atoms with van der Waals surface area (Å²) in [4.78, 5) is 25.2. The summed E-state index contributed by atoms with van der Waals surface area (Å²) < 4.78 is 68.3. The molecule has 0 aliphatic carbocycles. The molecule has 8 rings (SSSR count). The Morgan fingerprint density at radius 3 is 1.24 bits per heavy atom. The van der Waals surface area contributed by atoms with Crippen LogP contribution < -0.4 is 4.74 Å². The van der Waals surface area contributed by atoms with E-state index in [1.807, 2.05) is 176 Å². The molecule has 0 bridgehead atoms. The second-order valence-electron chi connectivity index (χ2n) is 17.6. The van der Waals surface area contributed by atoms with E-state index >= 15 is 0 Å². The van der Waals surface area contributed by atoms with Gasteiger partial charge in [-0.3, -0.25) is 9.59 Å². The number of hydrogen-bond donors (Lipinski definition) is 0. The fraction of sp³-hybridized carbons (Fsp3) is 0.345. The lowest BCUT2D eigenvalue weighted by atomic mass is 9.80. The van der Waals surface area contributed by atoms with Gasteiger partial charge in [0.25, 0.3) is 0 Å². The molecule has 2 fully saturated rings. The van der Waals surface area contributed by atoms with Gasteiger partial charge >= 0.3 is 11.9 Å². The van der Waals surface area contributed by atoms with Gasteiger partial charge in [0.1, 0.15) is 55.6 Å². The first-order chi connectivity index (χ1) is 34.8. The van der Waals surface area contributed by atoms with Gasteiger partial charge in [0.15, 0.2) is 0 Å². The highest BCUT2D eigenvalue weighted by molar-refractivity contribution is 9.10. The van der Waals surface area contributed by atoms with Gasteiger partial charge in [-0.25, -0.2) is 0 Å². The lowest BCUT2D eigenvalue weighted by molar-refractivity contribution is -0.304. The highest BCUT2D eigenvalue weighted by atomic mass is 79.9. The van der Waals surface area contributed by atoms with E-state index in [-0.39, 0.29) is 52.7 Å². The second-order valence-corrected chi connectivity index (χ2v) is 18.6. The maximum absolute atomic E-state index is 12.6. The number of carbonyl (C=O) groups is 2. The molecule has 2 saturated heterocycles. The van der Waals surface area contributed by atoms with Gasteiger partial charge in [0.05, 0.1) is 45.2 Å². The molecule has 0 aromatic heterocycles. The van der Waals surface area contributed by atoms with Crippen LogP contribution in [0.5, 0.6) is 5.75 Å². The summed E-state index contributed by atoms with van der Waals surface area (Å²) in [5, 5.41) is 0. The van der Waals surface area contributed by atoms with Crippen LogP contribution in [0.4, 0.5) is 0 Å². The standard InChI is InChI=1S/C58H61BrO12/c1-40(60)62-38-51-53(64-33-42-19-8-3-9-20-42)49(54(65-34-43-21-10-4-11-22-43)58(71-51)69-48-30-18-29-47(59)31-48)32-50-55(66-35-44-23-12-5-13-24-44)57(68-37-46-27-16-7-17-28-46)56(52(70-50)39-63-41(2)61)67-36-45-25-14-6-15-26-45/h3-31,49-58H,32-39H2,1-2H3/t49-,50+,51+,52+,53-,54-,55+,56+,57-,58-/m0/s1. The Balaban J connectivity index is 1.24. The van der Waals surface area contributed by atoms with Gasteiger partial charge in [0.2, 0.25) is 6.29 Å². The number of carbonyl (C=O) groups excluding carboxylic acids is 2. The zero-order valence-electron chi connectivity index (χ0n) is 40.0. The molecule has 0 N–H and O–H groups in total. The number of benzene rings is 6. The van der Waals surface area contributed by atoms with Crippen molar-refractivity contribution in [3.05, 3.63) is 208 Å². The lowest BCUT2D eigenvalue weighted by Gasteiger charge is -2.50. The van der Waals surface area contributed by atoms with E-state index < -0.39 is 73.0 Å². The van der Waals surface area contributed by atoms with Gasteiger partial charge in [-0.05, 0) is 52.4 Å². The Bertz CT molecular complexity index is 2500. The van der Waals surface area contributed by atoms with Crippen LogP contribution in [0.2, 0.25) is 0 Å². The van der Waals surface area contributed by atoms with Crippen molar-refractivity contribution in [2.24, 2.45) is 5.92 Å². The quantitative estimate of drug-likeness (QED) is 0.0567. The molecule has 0 radical (unpaired) electrons. The Labute approximate surface area is 424 Å². The van der Waals surface area contributed by atoms with Crippen molar-refractivity contribution in [2.45, 2.75) is 108 Å². The summed E-state index contributed by atoms with van der Waals surface area (Å²) in [5.41, 5.74) is 4.70. The second kappa shape index (κ2) is 26.6. The molecule has 2 aliphatic rings. The molecule has 10 atom stereocenters. The average Bonchev–Trinajstić information content (AvgIpc) is 3.39. The van der Waals surface area contributed by atoms with Crippen molar-refractivity contribution < 1.29 is 57.0 Å². The molecule has 6 aromatic carbocycles. The molecule has 2 heterocycles. The molecule has 71 heavy (non-hydrogen) atoms. The van der Waals surface area contributed by atoms with Crippen LogP contribution in [0.25, 0.3) is 0 Å². The third-order valence-corrected chi connectivity index (χ3v) is 12.9. The number of hydrogen-bond acceptors (Lipinski definition) is 12. The highest BCUT2D eigenvalue weighted by Gasteiger charge is 2.54. The minimum absolute atomic E-state index is 0.124. The first kappa shape index (κ1) is 51.6. The van der Waals surface area contributed by atoms with Crippen molar-refractivity contribution in [1.82, 2.24) is 0 Å². The third-order valence-electron chi connectivity index (χ3n) is 12.4. The number of rotatable bonds is 23. The molecule has 2 aliphatic heterocycles. The molecular weight excluding hydrogens is 969 g/mol. The van der Waals surface area contributed by atoms with E-state index in [0.717, 1.165) is 32.3 Å². The summed E-state index contributed by atoms with van der Waals surface area (Å²) in [7, 11) is 0. The summed E-state index contributed by atoms with van der Waals surface area (Å²) >= 11 is 3.60. The molecule has 6 aromatic rings. The highest BCUT2D eigenvalue weighted by Crippen LogP contribution is 2.41. The minimum Gasteiger partial charge on any atom is -0.463 e. The monoisotopic (exact) mass is 1030 g/mol. The van der Waals surface area contributed by atoms with Crippen LogP contribution in [0, 0.1) is 5.92 Å². The fourth-order valence-corrected chi connectivity index (χ4v) is 9.38. The zero-order valence-corrected chi connectivity index (χ0v) is 41.5. The Morgan fingerprint density at radius 2 is 0.817 bits per heavy atom. The van der Waals surface area contributed by atoms with Crippen LogP contribution in [-0.2, 0) is 85.3 Å². The number of esters is 2. The molecule has 0 unspecified atom stereocenters. The summed E-state index contributed by atoms with van der Waals surface area (Å²) in [5.74, 6) is -1.01.